The molecular formula is C12H12BrN5O3. The highest BCUT2D eigenvalue weighted by atomic mass is 79.9. The molecule has 9 heteroatoms. The molecule has 1 aromatic heterocycles. The van der Waals surface area contributed by atoms with Crippen molar-refractivity contribution < 1.29 is 9.66 Å². The van der Waals surface area contributed by atoms with Crippen molar-refractivity contribution in [1.82, 2.24) is 9.97 Å². The molecule has 110 valence electrons. The van der Waals surface area contributed by atoms with Crippen molar-refractivity contribution in [1.29, 1.82) is 0 Å². The first-order valence-electron chi connectivity index (χ1n) is 5.88. The van der Waals surface area contributed by atoms with E-state index in [0.29, 0.717) is 17.4 Å². The highest BCUT2D eigenvalue weighted by Crippen LogP contribution is 2.34. The van der Waals surface area contributed by atoms with Crippen molar-refractivity contribution in [3.63, 3.8) is 0 Å². The van der Waals surface area contributed by atoms with Gasteiger partial charge in [-0.3, -0.25) is 10.1 Å². The molecule has 0 bridgehead atoms. The van der Waals surface area contributed by atoms with Crippen molar-refractivity contribution in [2.45, 2.75) is 13.5 Å². The number of anilines is 1. The number of nitro groups is 1. The quantitative estimate of drug-likeness (QED) is 0.481. The highest BCUT2D eigenvalue weighted by molar-refractivity contribution is 9.10. The van der Waals surface area contributed by atoms with Crippen LogP contribution in [0.25, 0.3) is 0 Å². The van der Waals surface area contributed by atoms with E-state index < -0.39 is 4.92 Å². The maximum atomic E-state index is 10.8. The molecule has 2 aromatic rings. The fourth-order valence-electron chi connectivity index (χ4n) is 1.66. The number of aryl methyl sites for hydroxylation is 1. The Labute approximate surface area is 128 Å². The molecule has 2 rings (SSSR count). The summed E-state index contributed by atoms with van der Waals surface area (Å²) in [5.41, 5.74) is 3.10. The average molecular weight is 354 g/mol. The minimum absolute atomic E-state index is 0.0656. The molecule has 0 aliphatic heterocycles. The summed E-state index contributed by atoms with van der Waals surface area (Å²) in [5, 5.41) is 10.8. The number of nitrogen functional groups attached to an aromatic ring is 1. The van der Waals surface area contributed by atoms with E-state index in [0.717, 1.165) is 5.69 Å². The van der Waals surface area contributed by atoms with Crippen LogP contribution in [0.5, 0.6) is 5.75 Å². The third kappa shape index (κ3) is 3.64. The summed E-state index contributed by atoms with van der Waals surface area (Å²) in [5.74, 6) is 6.54. The Morgan fingerprint density at radius 1 is 1.48 bits per heavy atom. The van der Waals surface area contributed by atoms with Gasteiger partial charge in [0.05, 0.1) is 4.92 Å². The van der Waals surface area contributed by atoms with Crippen LogP contribution >= 0.6 is 15.9 Å². The summed E-state index contributed by atoms with van der Waals surface area (Å²) in [4.78, 5) is 18.7. The minimum Gasteiger partial charge on any atom is -0.484 e. The number of nitrogens with one attached hydrogen (secondary N) is 1. The molecule has 21 heavy (non-hydrogen) atoms. The van der Waals surface area contributed by atoms with Crippen LogP contribution in [-0.2, 0) is 6.61 Å². The number of aromatic nitrogens is 2. The Balaban J connectivity index is 2.19. The van der Waals surface area contributed by atoms with Gasteiger partial charge in [-0.1, -0.05) is 6.07 Å². The highest BCUT2D eigenvalue weighted by Gasteiger charge is 2.16. The van der Waals surface area contributed by atoms with Gasteiger partial charge < -0.3 is 10.2 Å². The number of ether oxygens (including phenoxy) is 1. The number of nitrogens with two attached hydrogens (primary N) is 1. The topological polar surface area (TPSA) is 116 Å². The van der Waals surface area contributed by atoms with E-state index in [9.17, 15) is 10.1 Å². The lowest BCUT2D eigenvalue weighted by Gasteiger charge is -2.09. The molecule has 0 fully saturated rings. The van der Waals surface area contributed by atoms with Gasteiger partial charge in [0, 0.05) is 17.8 Å². The molecule has 0 aliphatic rings. The van der Waals surface area contributed by atoms with Crippen molar-refractivity contribution in [3.8, 4) is 5.75 Å². The maximum Gasteiger partial charge on any atom is 0.287 e. The Kier molecular flexibility index (Phi) is 4.66. The van der Waals surface area contributed by atoms with Crippen molar-refractivity contribution in [2.24, 2.45) is 5.84 Å². The van der Waals surface area contributed by atoms with E-state index in [4.69, 9.17) is 10.6 Å². The lowest BCUT2D eigenvalue weighted by Crippen LogP contribution is -2.12. The summed E-state index contributed by atoms with van der Waals surface area (Å²) < 4.78 is 5.80. The molecule has 8 nitrogen and oxygen atoms in total. The zero-order valence-electron chi connectivity index (χ0n) is 11.0. The van der Waals surface area contributed by atoms with Gasteiger partial charge in [0.2, 0.25) is 0 Å². The van der Waals surface area contributed by atoms with Crippen LogP contribution < -0.4 is 16.0 Å². The molecule has 0 saturated heterocycles. The molecule has 3 N–H and O–H groups in total. The third-order valence-electron chi connectivity index (χ3n) is 2.54. The lowest BCUT2D eigenvalue weighted by molar-refractivity contribution is -0.385. The van der Waals surface area contributed by atoms with Gasteiger partial charge in [0.25, 0.3) is 5.69 Å². The SMILES string of the molecule is Cc1cc(NN)nc(COc2cccc([N+](=O)[O-])c2Br)n1. The predicted molar refractivity (Wildman–Crippen MR) is 79.7 cm³/mol. The first-order valence-corrected chi connectivity index (χ1v) is 6.67. The van der Waals surface area contributed by atoms with Gasteiger partial charge in [-0.15, -0.1) is 0 Å². The first-order chi connectivity index (χ1) is 10.0. The van der Waals surface area contributed by atoms with Gasteiger partial charge in [0.15, 0.2) is 5.82 Å². The van der Waals surface area contributed by atoms with E-state index >= 15 is 0 Å². The predicted octanol–water partition coefficient (Wildman–Crippen LogP) is 2.32. The lowest BCUT2D eigenvalue weighted by atomic mass is 10.3. The van der Waals surface area contributed by atoms with E-state index in [2.05, 4.69) is 31.3 Å². The smallest absolute Gasteiger partial charge is 0.287 e. The maximum absolute atomic E-state index is 10.8. The second-order valence-corrected chi connectivity index (χ2v) is 4.88. The Hall–Kier alpha value is -2.26. The van der Waals surface area contributed by atoms with Gasteiger partial charge in [0.1, 0.15) is 22.6 Å². The van der Waals surface area contributed by atoms with Crippen LogP contribution in [0.3, 0.4) is 0 Å². The number of rotatable bonds is 5. The van der Waals surface area contributed by atoms with Crippen LogP contribution in [0.4, 0.5) is 11.5 Å². The first kappa shape index (κ1) is 15.1. The normalized spacial score (nSPS) is 10.2. The van der Waals surface area contributed by atoms with Gasteiger partial charge in [-0.2, -0.15) is 0 Å². The van der Waals surface area contributed by atoms with Crippen LogP contribution in [-0.4, -0.2) is 14.9 Å². The van der Waals surface area contributed by atoms with Crippen LogP contribution in [0.15, 0.2) is 28.7 Å². The summed E-state index contributed by atoms with van der Waals surface area (Å²) >= 11 is 3.16. The summed E-state index contributed by atoms with van der Waals surface area (Å²) in [6.45, 7) is 1.87. The third-order valence-corrected chi connectivity index (χ3v) is 3.34. The largest absolute Gasteiger partial charge is 0.484 e. The standard InChI is InChI=1S/C12H12BrN5O3/c1-7-5-10(17-14)16-11(15-7)6-21-9-4-2-3-8(12(9)13)18(19)20/h2-5H,6,14H2,1H3,(H,15,16,17). The van der Waals surface area contributed by atoms with Gasteiger partial charge in [-0.25, -0.2) is 15.8 Å². The second kappa shape index (κ2) is 6.46. The van der Waals surface area contributed by atoms with Gasteiger partial charge >= 0.3 is 0 Å². The number of nitro benzene ring substituents is 1. The molecule has 1 heterocycles. The van der Waals surface area contributed by atoms with E-state index in [1.54, 1.807) is 25.1 Å². The number of nitrogens with zero attached hydrogens (tertiary/aromatic N) is 3. The zero-order valence-corrected chi connectivity index (χ0v) is 12.6. The van der Waals surface area contributed by atoms with E-state index in [1.807, 2.05) is 0 Å². The fraction of sp³-hybridized carbons (Fsp3) is 0.167. The number of hydrogen-bond acceptors (Lipinski definition) is 7. The molecule has 0 spiro atoms. The van der Waals surface area contributed by atoms with Crippen LogP contribution in [0.1, 0.15) is 11.5 Å². The molecule has 0 atom stereocenters. The number of hydrogen-bond donors (Lipinski definition) is 2. The number of benzene rings is 1. The number of halogens is 1. The average Bonchev–Trinajstić information content (AvgIpc) is 2.45. The zero-order chi connectivity index (χ0) is 15.4. The molecule has 0 radical (unpaired) electrons. The molecule has 0 unspecified atom stereocenters. The monoisotopic (exact) mass is 353 g/mol. The molecule has 1 aromatic carbocycles. The molecular weight excluding hydrogens is 342 g/mol. The second-order valence-electron chi connectivity index (χ2n) is 4.09. The summed E-state index contributed by atoms with van der Waals surface area (Å²) in [6.07, 6.45) is 0. The molecule has 0 amide bonds. The summed E-state index contributed by atoms with van der Waals surface area (Å²) in [6, 6.07) is 6.24. The van der Waals surface area contributed by atoms with Crippen LogP contribution in [0.2, 0.25) is 0 Å². The Morgan fingerprint density at radius 3 is 2.90 bits per heavy atom. The molecule has 0 saturated carbocycles. The van der Waals surface area contributed by atoms with E-state index in [-0.39, 0.29) is 16.8 Å². The van der Waals surface area contributed by atoms with Crippen molar-refractivity contribution in [2.75, 3.05) is 5.43 Å². The van der Waals surface area contributed by atoms with Crippen LogP contribution in [0, 0.1) is 17.0 Å². The Morgan fingerprint density at radius 2 is 2.24 bits per heavy atom. The molecule has 0 aliphatic carbocycles. The Bertz CT molecular complexity index is 680. The number of hydrazine groups is 1. The van der Waals surface area contributed by atoms with Gasteiger partial charge in [-0.05, 0) is 28.9 Å². The minimum atomic E-state index is -0.490. The fourth-order valence-corrected chi connectivity index (χ4v) is 2.19. The van der Waals surface area contributed by atoms with Crippen molar-refractivity contribution in [3.05, 3.63) is 50.4 Å². The van der Waals surface area contributed by atoms with Crippen molar-refractivity contribution >= 4 is 27.4 Å². The summed E-state index contributed by atoms with van der Waals surface area (Å²) in [7, 11) is 0. The van der Waals surface area contributed by atoms with E-state index in [1.165, 1.54) is 6.07 Å².